The molecule has 1 heterocycles. The summed E-state index contributed by atoms with van der Waals surface area (Å²) < 4.78 is 5.59. The summed E-state index contributed by atoms with van der Waals surface area (Å²) in [7, 11) is 2.06. The van der Waals surface area contributed by atoms with Crippen molar-refractivity contribution in [3.63, 3.8) is 0 Å². The van der Waals surface area contributed by atoms with Gasteiger partial charge in [0.2, 0.25) is 5.91 Å². The first kappa shape index (κ1) is 15.9. The Morgan fingerprint density at radius 3 is 2.71 bits per heavy atom. The van der Waals surface area contributed by atoms with Crippen LogP contribution in [-0.2, 0) is 16.1 Å². The molecule has 21 heavy (non-hydrogen) atoms. The highest BCUT2D eigenvalue weighted by molar-refractivity contribution is 5.81. The minimum atomic E-state index is -0.571. The van der Waals surface area contributed by atoms with Gasteiger partial charge in [0.25, 0.3) is 0 Å². The van der Waals surface area contributed by atoms with Gasteiger partial charge in [0, 0.05) is 26.2 Å². The largest absolute Gasteiger partial charge is 0.375 e. The quantitative estimate of drug-likeness (QED) is 0.864. The third-order valence-electron chi connectivity index (χ3n) is 3.78. The van der Waals surface area contributed by atoms with Crippen LogP contribution in [0.4, 0.5) is 0 Å². The van der Waals surface area contributed by atoms with Gasteiger partial charge in [-0.15, -0.1) is 0 Å². The Morgan fingerprint density at radius 1 is 1.33 bits per heavy atom. The first-order valence-electron chi connectivity index (χ1n) is 7.42. The van der Waals surface area contributed by atoms with Crippen molar-refractivity contribution in [3.8, 4) is 0 Å². The Morgan fingerprint density at radius 2 is 2.05 bits per heavy atom. The fourth-order valence-electron chi connectivity index (χ4n) is 2.44. The lowest BCUT2D eigenvalue weighted by Gasteiger charge is -2.33. The van der Waals surface area contributed by atoms with Crippen molar-refractivity contribution < 1.29 is 9.53 Å². The number of nitrogens with zero attached hydrogens (tertiary/aromatic N) is 2. The number of piperazine rings is 1. The van der Waals surface area contributed by atoms with Crippen molar-refractivity contribution in [3.05, 3.63) is 35.4 Å². The van der Waals surface area contributed by atoms with Crippen molar-refractivity contribution >= 4 is 5.91 Å². The lowest BCUT2D eigenvalue weighted by molar-refractivity contribution is -0.135. The number of aryl methyl sites for hydroxylation is 1. The fraction of sp³-hybridized carbons (Fsp3) is 0.562. The normalized spacial score (nSPS) is 17.8. The molecule has 0 bridgehead atoms. The number of benzene rings is 1. The summed E-state index contributed by atoms with van der Waals surface area (Å²) in [6.45, 7) is 6.11. The predicted octanol–water partition coefficient (Wildman–Crippen LogP) is 0.613. The molecule has 1 fully saturated rings. The molecule has 1 aliphatic heterocycles. The average molecular weight is 291 g/mol. The smallest absolute Gasteiger partial charge is 0.241 e. The van der Waals surface area contributed by atoms with E-state index in [1.807, 2.05) is 30.0 Å². The molecule has 1 amide bonds. The molecule has 1 unspecified atom stereocenters. The number of rotatable bonds is 5. The van der Waals surface area contributed by atoms with Crippen LogP contribution < -0.4 is 5.73 Å². The third-order valence-corrected chi connectivity index (χ3v) is 3.78. The summed E-state index contributed by atoms with van der Waals surface area (Å²) in [6.07, 6.45) is 0. The molecule has 1 saturated heterocycles. The van der Waals surface area contributed by atoms with Gasteiger partial charge >= 0.3 is 0 Å². The van der Waals surface area contributed by atoms with E-state index in [2.05, 4.69) is 18.0 Å². The van der Waals surface area contributed by atoms with E-state index in [1.54, 1.807) is 0 Å². The molecule has 2 N–H and O–H groups in total. The molecular formula is C16H25N3O2. The van der Waals surface area contributed by atoms with Gasteiger partial charge in [-0.3, -0.25) is 4.79 Å². The van der Waals surface area contributed by atoms with Crippen LogP contribution in [0.2, 0.25) is 0 Å². The number of ether oxygens (including phenoxy) is 1. The maximum absolute atomic E-state index is 12.2. The van der Waals surface area contributed by atoms with Gasteiger partial charge < -0.3 is 20.3 Å². The highest BCUT2D eigenvalue weighted by Crippen LogP contribution is 2.06. The van der Waals surface area contributed by atoms with Gasteiger partial charge in [0.15, 0.2) is 0 Å². The van der Waals surface area contributed by atoms with Crippen LogP contribution in [0.1, 0.15) is 11.1 Å². The monoisotopic (exact) mass is 291 g/mol. The number of nitrogens with two attached hydrogens (primary N) is 1. The summed E-state index contributed by atoms with van der Waals surface area (Å²) in [4.78, 5) is 16.2. The standard InChI is InChI=1S/C16H25N3O2/c1-13-4-3-5-14(10-13)11-21-12-15(17)16(20)19-8-6-18(2)7-9-19/h3-5,10,15H,6-9,11-12,17H2,1-2H3. The topological polar surface area (TPSA) is 58.8 Å². The molecule has 1 aromatic carbocycles. The van der Waals surface area contributed by atoms with E-state index in [-0.39, 0.29) is 12.5 Å². The Hall–Kier alpha value is -1.43. The van der Waals surface area contributed by atoms with Gasteiger partial charge in [-0.1, -0.05) is 29.8 Å². The van der Waals surface area contributed by atoms with E-state index in [9.17, 15) is 4.79 Å². The molecule has 2 rings (SSSR count). The number of likely N-dealkylation sites (N-methyl/N-ethyl adjacent to an activating group) is 1. The molecule has 1 aliphatic rings. The molecule has 1 aromatic rings. The summed E-state index contributed by atoms with van der Waals surface area (Å²) in [5.41, 5.74) is 8.26. The molecule has 0 saturated carbocycles. The molecule has 0 radical (unpaired) electrons. The van der Waals surface area contributed by atoms with E-state index in [1.165, 1.54) is 5.56 Å². The number of amides is 1. The van der Waals surface area contributed by atoms with Crippen LogP contribution in [0.5, 0.6) is 0 Å². The molecule has 1 atom stereocenters. The third kappa shape index (κ3) is 4.81. The fourth-order valence-corrected chi connectivity index (χ4v) is 2.44. The van der Waals surface area contributed by atoms with Crippen LogP contribution in [0.3, 0.4) is 0 Å². The number of hydrogen-bond donors (Lipinski definition) is 1. The van der Waals surface area contributed by atoms with Crippen molar-refractivity contribution in [1.82, 2.24) is 9.80 Å². The van der Waals surface area contributed by atoms with Crippen molar-refractivity contribution in [2.75, 3.05) is 39.8 Å². The highest BCUT2D eigenvalue weighted by atomic mass is 16.5. The van der Waals surface area contributed by atoms with E-state index in [0.717, 1.165) is 31.7 Å². The number of carbonyl (C=O) groups is 1. The number of hydrogen-bond acceptors (Lipinski definition) is 4. The van der Waals surface area contributed by atoms with Gasteiger partial charge in [-0.05, 0) is 19.5 Å². The Bertz CT molecular complexity index is 470. The van der Waals surface area contributed by atoms with Crippen LogP contribution >= 0.6 is 0 Å². The van der Waals surface area contributed by atoms with Crippen molar-refractivity contribution in [1.29, 1.82) is 0 Å². The molecule has 0 spiro atoms. The van der Waals surface area contributed by atoms with E-state index >= 15 is 0 Å². The zero-order valence-corrected chi connectivity index (χ0v) is 12.9. The Labute approximate surface area is 126 Å². The van der Waals surface area contributed by atoms with Crippen LogP contribution in [-0.4, -0.2) is 61.6 Å². The average Bonchev–Trinajstić information content (AvgIpc) is 2.47. The van der Waals surface area contributed by atoms with Gasteiger partial charge in [-0.25, -0.2) is 0 Å². The van der Waals surface area contributed by atoms with Gasteiger partial charge in [0.1, 0.15) is 6.04 Å². The Kier molecular flexibility index (Phi) is 5.73. The maximum atomic E-state index is 12.2. The summed E-state index contributed by atoms with van der Waals surface area (Å²) in [6, 6.07) is 7.57. The van der Waals surface area contributed by atoms with E-state index < -0.39 is 6.04 Å². The lowest BCUT2D eigenvalue weighted by atomic mass is 10.1. The summed E-state index contributed by atoms with van der Waals surface area (Å²) >= 11 is 0. The Balaban J connectivity index is 1.74. The maximum Gasteiger partial charge on any atom is 0.241 e. The second-order valence-electron chi connectivity index (χ2n) is 5.74. The van der Waals surface area contributed by atoms with Crippen LogP contribution in [0.15, 0.2) is 24.3 Å². The van der Waals surface area contributed by atoms with Crippen molar-refractivity contribution in [2.24, 2.45) is 5.73 Å². The van der Waals surface area contributed by atoms with Gasteiger partial charge in [-0.2, -0.15) is 0 Å². The molecule has 116 valence electrons. The molecule has 0 aliphatic carbocycles. The minimum absolute atomic E-state index is 0.00709. The van der Waals surface area contributed by atoms with E-state index in [4.69, 9.17) is 10.5 Å². The lowest BCUT2D eigenvalue weighted by Crippen LogP contribution is -2.53. The van der Waals surface area contributed by atoms with Gasteiger partial charge in [0.05, 0.1) is 13.2 Å². The van der Waals surface area contributed by atoms with Crippen LogP contribution in [0, 0.1) is 6.92 Å². The highest BCUT2D eigenvalue weighted by Gasteiger charge is 2.24. The molecule has 5 nitrogen and oxygen atoms in total. The SMILES string of the molecule is Cc1cccc(COCC(N)C(=O)N2CCN(C)CC2)c1. The first-order chi connectivity index (χ1) is 10.1. The summed E-state index contributed by atoms with van der Waals surface area (Å²) in [5.74, 6) is -0.00709. The van der Waals surface area contributed by atoms with Crippen molar-refractivity contribution in [2.45, 2.75) is 19.6 Å². The predicted molar refractivity (Wildman–Crippen MR) is 82.9 cm³/mol. The van der Waals surface area contributed by atoms with Crippen LogP contribution in [0.25, 0.3) is 0 Å². The number of carbonyl (C=O) groups excluding carboxylic acids is 1. The first-order valence-corrected chi connectivity index (χ1v) is 7.42. The second kappa shape index (κ2) is 7.54. The molecule has 0 aromatic heterocycles. The second-order valence-corrected chi connectivity index (χ2v) is 5.74. The molecular weight excluding hydrogens is 266 g/mol. The zero-order valence-electron chi connectivity index (χ0n) is 12.9. The minimum Gasteiger partial charge on any atom is -0.375 e. The zero-order chi connectivity index (χ0) is 15.2. The summed E-state index contributed by atoms with van der Waals surface area (Å²) in [5, 5.41) is 0. The van der Waals surface area contributed by atoms with E-state index in [0.29, 0.717) is 6.61 Å². The molecule has 5 heteroatoms.